The molecule has 0 bridgehead atoms. The zero-order valence-electron chi connectivity index (χ0n) is 11.4. The standard InChI is InChI=1S/C12H22N4O2S/c1-3-8-13-11-6-4-7-12(16-11)14-9-5-10-15-19(2,17)18/h4,6-7,15H,3,5,8-10H2,1-2H3,(H2,13,14,16). The molecule has 0 aliphatic carbocycles. The predicted molar refractivity (Wildman–Crippen MR) is 79.0 cm³/mol. The van der Waals surface area contributed by atoms with Gasteiger partial charge in [0.25, 0.3) is 0 Å². The highest BCUT2D eigenvalue weighted by Crippen LogP contribution is 2.08. The highest BCUT2D eigenvalue weighted by molar-refractivity contribution is 7.88. The van der Waals surface area contributed by atoms with Gasteiger partial charge in [-0.2, -0.15) is 0 Å². The van der Waals surface area contributed by atoms with Crippen molar-refractivity contribution in [3.8, 4) is 0 Å². The van der Waals surface area contributed by atoms with Gasteiger partial charge in [0.15, 0.2) is 0 Å². The van der Waals surface area contributed by atoms with Crippen molar-refractivity contribution in [2.45, 2.75) is 19.8 Å². The van der Waals surface area contributed by atoms with E-state index in [1.807, 2.05) is 18.2 Å². The molecule has 0 aliphatic heterocycles. The lowest BCUT2D eigenvalue weighted by molar-refractivity contribution is 0.586. The molecule has 0 unspecified atom stereocenters. The number of rotatable bonds is 9. The van der Waals surface area contributed by atoms with Crippen LogP contribution in [0.4, 0.5) is 11.6 Å². The maximum Gasteiger partial charge on any atom is 0.208 e. The van der Waals surface area contributed by atoms with Gasteiger partial charge in [-0.3, -0.25) is 0 Å². The number of nitrogens with one attached hydrogen (secondary N) is 3. The van der Waals surface area contributed by atoms with Gasteiger partial charge < -0.3 is 10.6 Å². The molecule has 0 atom stereocenters. The quantitative estimate of drug-likeness (QED) is 0.595. The Bertz CT molecular complexity index is 476. The van der Waals surface area contributed by atoms with Crippen LogP contribution in [0.5, 0.6) is 0 Å². The van der Waals surface area contributed by atoms with Crippen molar-refractivity contribution in [3.63, 3.8) is 0 Å². The number of anilines is 2. The Balaban J connectivity index is 2.29. The van der Waals surface area contributed by atoms with Gasteiger partial charge in [0, 0.05) is 19.6 Å². The Morgan fingerprint density at radius 3 is 2.32 bits per heavy atom. The van der Waals surface area contributed by atoms with E-state index in [1.54, 1.807) is 0 Å². The summed E-state index contributed by atoms with van der Waals surface area (Å²) in [7, 11) is -3.09. The van der Waals surface area contributed by atoms with E-state index in [1.165, 1.54) is 0 Å². The van der Waals surface area contributed by atoms with Crippen molar-refractivity contribution in [2.75, 3.05) is 36.5 Å². The second-order valence-corrected chi connectivity index (χ2v) is 6.11. The fourth-order valence-electron chi connectivity index (χ4n) is 1.45. The Morgan fingerprint density at radius 1 is 1.11 bits per heavy atom. The van der Waals surface area contributed by atoms with E-state index in [0.29, 0.717) is 19.5 Å². The van der Waals surface area contributed by atoms with Gasteiger partial charge in [-0.15, -0.1) is 0 Å². The molecule has 1 rings (SSSR count). The minimum Gasteiger partial charge on any atom is -0.370 e. The fraction of sp³-hybridized carbons (Fsp3) is 0.583. The van der Waals surface area contributed by atoms with Crippen molar-refractivity contribution in [3.05, 3.63) is 18.2 Å². The largest absolute Gasteiger partial charge is 0.370 e. The lowest BCUT2D eigenvalue weighted by atomic mass is 10.4. The monoisotopic (exact) mass is 286 g/mol. The van der Waals surface area contributed by atoms with Gasteiger partial charge in [-0.25, -0.2) is 18.1 Å². The molecule has 1 aromatic rings. The highest BCUT2D eigenvalue weighted by Gasteiger charge is 1.99. The average molecular weight is 286 g/mol. The molecular weight excluding hydrogens is 264 g/mol. The lowest BCUT2D eigenvalue weighted by Gasteiger charge is -2.08. The van der Waals surface area contributed by atoms with E-state index >= 15 is 0 Å². The third-order valence-corrected chi connectivity index (χ3v) is 3.06. The Labute approximate surface area is 115 Å². The molecular formula is C12H22N4O2S. The minimum atomic E-state index is -3.09. The van der Waals surface area contributed by atoms with Crippen LogP contribution in [-0.4, -0.2) is 39.3 Å². The molecule has 0 spiro atoms. The summed E-state index contributed by atoms with van der Waals surface area (Å²) in [5, 5.41) is 6.38. The summed E-state index contributed by atoms with van der Waals surface area (Å²) in [6.45, 7) is 4.10. The molecule has 0 aliphatic rings. The summed E-state index contributed by atoms with van der Waals surface area (Å²) in [6, 6.07) is 5.75. The lowest BCUT2D eigenvalue weighted by Crippen LogP contribution is -2.24. The Hall–Kier alpha value is -1.34. The topological polar surface area (TPSA) is 83.1 Å². The van der Waals surface area contributed by atoms with Gasteiger partial charge in [0.2, 0.25) is 10.0 Å². The number of pyridine rings is 1. The number of sulfonamides is 1. The third-order valence-electron chi connectivity index (χ3n) is 2.33. The maximum absolute atomic E-state index is 10.9. The van der Waals surface area contributed by atoms with Crippen LogP contribution in [0.1, 0.15) is 19.8 Å². The molecule has 0 saturated carbocycles. The molecule has 0 aromatic carbocycles. The molecule has 0 amide bonds. The van der Waals surface area contributed by atoms with E-state index in [2.05, 4.69) is 27.3 Å². The van der Waals surface area contributed by atoms with Crippen LogP contribution in [0.3, 0.4) is 0 Å². The molecule has 6 nitrogen and oxygen atoms in total. The SMILES string of the molecule is CCCNc1cccc(NCCCNS(C)(=O)=O)n1. The number of hydrogen-bond donors (Lipinski definition) is 3. The van der Waals surface area contributed by atoms with Crippen molar-refractivity contribution >= 4 is 21.7 Å². The van der Waals surface area contributed by atoms with Crippen LogP contribution in [0.15, 0.2) is 18.2 Å². The first-order chi connectivity index (χ1) is 9.01. The van der Waals surface area contributed by atoms with Gasteiger partial charge in [0.1, 0.15) is 11.6 Å². The molecule has 108 valence electrons. The normalized spacial score (nSPS) is 11.3. The number of aromatic nitrogens is 1. The third kappa shape index (κ3) is 7.63. The van der Waals surface area contributed by atoms with Crippen LogP contribution in [-0.2, 0) is 10.0 Å². The van der Waals surface area contributed by atoms with Crippen molar-refractivity contribution in [2.24, 2.45) is 0 Å². The number of nitrogens with zero attached hydrogens (tertiary/aromatic N) is 1. The van der Waals surface area contributed by atoms with E-state index in [4.69, 9.17) is 0 Å². The van der Waals surface area contributed by atoms with Gasteiger partial charge >= 0.3 is 0 Å². The highest BCUT2D eigenvalue weighted by atomic mass is 32.2. The summed E-state index contributed by atoms with van der Waals surface area (Å²) >= 11 is 0. The molecule has 3 N–H and O–H groups in total. The predicted octanol–water partition coefficient (Wildman–Crippen LogP) is 1.25. The van der Waals surface area contributed by atoms with E-state index in [-0.39, 0.29) is 0 Å². The Kier molecular flexibility index (Phi) is 6.58. The van der Waals surface area contributed by atoms with Gasteiger partial charge in [-0.1, -0.05) is 13.0 Å². The summed E-state index contributed by atoms with van der Waals surface area (Å²) in [4.78, 5) is 4.40. The van der Waals surface area contributed by atoms with Crippen molar-refractivity contribution < 1.29 is 8.42 Å². The molecule has 1 aromatic heterocycles. The number of hydrogen-bond acceptors (Lipinski definition) is 5. The summed E-state index contributed by atoms with van der Waals surface area (Å²) in [6.07, 6.45) is 2.92. The van der Waals surface area contributed by atoms with Crippen LogP contribution in [0, 0.1) is 0 Å². The summed E-state index contributed by atoms with van der Waals surface area (Å²) in [5.41, 5.74) is 0. The van der Waals surface area contributed by atoms with Crippen LogP contribution in [0.25, 0.3) is 0 Å². The average Bonchev–Trinajstić information content (AvgIpc) is 2.35. The van der Waals surface area contributed by atoms with Gasteiger partial charge in [-0.05, 0) is 25.0 Å². The van der Waals surface area contributed by atoms with E-state index in [0.717, 1.165) is 30.9 Å². The second kappa shape index (κ2) is 7.96. The molecule has 0 radical (unpaired) electrons. The first-order valence-electron chi connectivity index (χ1n) is 6.40. The van der Waals surface area contributed by atoms with Crippen LogP contribution >= 0.6 is 0 Å². The van der Waals surface area contributed by atoms with Gasteiger partial charge in [0.05, 0.1) is 6.26 Å². The molecule has 0 saturated heterocycles. The molecule has 19 heavy (non-hydrogen) atoms. The first-order valence-corrected chi connectivity index (χ1v) is 8.30. The summed E-state index contributed by atoms with van der Waals surface area (Å²) in [5.74, 6) is 1.64. The van der Waals surface area contributed by atoms with Crippen LogP contribution < -0.4 is 15.4 Å². The zero-order chi connectivity index (χ0) is 14.1. The Morgan fingerprint density at radius 2 is 1.74 bits per heavy atom. The van der Waals surface area contributed by atoms with E-state index in [9.17, 15) is 8.42 Å². The second-order valence-electron chi connectivity index (χ2n) is 4.28. The van der Waals surface area contributed by atoms with Crippen molar-refractivity contribution in [1.82, 2.24) is 9.71 Å². The molecule has 0 fully saturated rings. The van der Waals surface area contributed by atoms with Crippen LogP contribution in [0.2, 0.25) is 0 Å². The first kappa shape index (κ1) is 15.7. The van der Waals surface area contributed by atoms with E-state index < -0.39 is 10.0 Å². The van der Waals surface area contributed by atoms with Crippen molar-refractivity contribution in [1.29, 1.82) is 0 Å². The smallest absolute Gasteiger partial charge is 0.208 e. The molecule has 7 heteroatoms. The minimum absolute atomic E-state index is 0.430. The molecule has 1 heterocycles. The fourth-order valence-corrected chi connectivity index (χ4v) is 1.96. The maximum atomic E-state index is 10.9. The zero-order valence-corrected chi connectivity index (χ0v) is 12.3. The summed E-state index contributed by atoms with van der Waals surface area (Å²) < 4.78 is 24.2.